The molecule has 1 rings (SSSR count). The van der Waals surface area contributed by atoms with E-state index < -0.39 is 0 Å². The lowest BCUT2D eigenvalue weighted by atomic mass is 9.75. The lowest BCUT2D eigenvalue weighted by Crippen LogP contribution is -2.58. The second-order valence-corrected chi connectivity index (χ2v) is 5.76. The molecule has 0 saturated heterocycles. The van der Waals surface area contributed by atoms with Crippen LogP contribution in [0, 0.1) is 0 Å². The fourth-order valence-corrected chi connectivity index (χ4v) is 2.74. The average Bonchev–Trinajstić information content (AvgIpc) is 2.30. The molecule has 19 heavy (non-hydrogen) atoms. The van der Waals surface area contributed by atoms with Gasteiger partial charge in [-0.15, -0.1) is 0 Å². The van der Waals surface area contributed by atoms with Crippen LogP contribution in [0.25, 0.3) is 0 Å². The molecule has 1 atom stereocenters. The number of nitrogens with one attached hydrogen (secondary N) is 1. The average molecular weight is 271 g/mol. The van der Waals surface area contributed by atoms with E-state index in [1.807, 2.05) is 6.92 Å². The summed E-state index contributed by atoms with van der Waals surface area (Å²) in [6.07, 6.45) is 3.79. The molecule has 0 aliphatic heterocycles. The van der Waals surface area contributed by atoms with Gasteiger partial charge in [-0.1, -0.05) is 0 Å². The SMILES string of the molecule is CCOC(=O)C(CN(C)CC1(N(C)C)CCC1)NC. The van der Waals surface area contributed by atoms with Gasteiger partial charge in [-0.2, -0.15) is 0 Å². The maximum Gasteiger partial charge on any atom is 0.324 e. The van der Waals surface area contributed by atoms with Crippen molar-refractivity contribution in [1.82, 2.24) is 15.1 Å². The van der Waals surface area contributed by atoms with Gasteiger partial charge < -0.3 is 19.9 Å². The first-order chi connectivity index (χ1) is 8.95. The molecule has 0 amide bonds. The van der Waals surface area contributed by atoms with Crippen LogP contribution in [0.1, 0.15) is 26.2 Å². The summed E-state index contributed by atoms with van der Waals surface area (Å²) in [4.78, 5) is 16.3. The van der Waals surface area contributed by atoms with Gasteiger partial charge in [0.1, 0.15) is 6.04 Å². The van der Waals surface area contributed by atoms with Gasteiger partial charge in [0.05, 0.1) is 6.61 Å². The normalized spacial score (nSPS) is 19.3. The molecule has 0 spiro atoms. The largest absolute Gasteiger partial charge is 0.465 e. The van der Waals surface area contributed by atoms with E-state index in [-0.39, 0.29) is 12.0 Å². The molecule has 0 aromatic carbocycles. The molecule has 1 unspecified atom stereocenters. The fourth-order valence-electron chi connectivity index (χ4n) is 2.74. The third kappa shape index (κ3) is 4.16. The summed E-state index contributed by atoms with van der Waals surface area (Å²) in [5.74, 6) is -0.163. The standard InChI is InChI=1S/C14H29N3O2/c1-6-19-13(18)12(15-2)10-17(5)11-14(16(3)4)8-7-9-14/h12,15H,6-11H2,1-5H3. The van der Waals surface area contributed by atoms with Crippen LogP contribution in [0.2, 0.25) is 0 Å². The van der Waals surface area contributed by atoms with E-state index >= 15 is 0 Å². The molecule has 1 aliphatic rings. The zero-order chi connectivity index (χ0) is 14.5. The highest BCUT2D eigenvalue weighted by Crippen LogP contribution is 2.36. The number of esters is 1. The second kappa shape index (κ2) is 7.22. The molecular weight excluding hydrogens is 242 g/mol. The Morgan fingerprint density at radius 2 is 2.00 bits per heavy atom. The van der Waals surface area contributed by atoms with E-state index in [1.165, 1.54) is 19.3 Å². The van der Waals surface area contributed by atoms with Crippen molar-refractivity contribution >= 4 is 5.97 Å². The minimum atomic E-state index is -0.246. The minimum absolute atomic E-state index is 0.163. The van der Waals surface area contributed by atoms with Crippen molar-refractivity contribution in [1.29, 1.82) is 0 Å². The van der Waals surface area contributed by atoms with Gasteiger partial charge in [0, 0.05) is 18.6 Å². The van der Waals surface area contributed by atoms with Gasteiger partial charge in [-0.05, 0) is 54.4 Å². The van der Waals surface area contributed by atoms with E-state index in [2.05, 4.69) is 36.3 Å². The Balaban J connectivity index is 2.48. The van der Waals surface area contributed by atoms with E-state index in [1.54, 1.807) is 7.05 Å². The summed E-state index contributed by atoms with van der Waals surface area (Å²) in [6.45, 7) is 3.95. The maximum atomic E-state index is 11.8. The summed E-state index contributed by atoms with van der Waals surface area (Å²) in [5, 5.41) is 3.04. The number of hydrogen-bond donors (Lipinski definition) is 1. The van der Waals surface area contributed by atoms with Gasteiger partial charge in [0.15, 0.2) is 0 Å². The highest BCUT2D eigenvalue weighted by Gasteiger charge is 2.40. The van der Waals surface area contributed by atoms with Crippen LogP contribution in [0.5, 0.6) is 0 Å². The van der Waals surface area contributed by atoms with Crippen LogP contribution in [-0.4, -0.2) is 75.2 Å². The zero-order valence-electron chi connectivity index (χ0n) is 13.0. The van der Waals surface area contributed by atoms with Crippen LogP contribution < -0.4 is 5.32 Å². The number of ether oxygens (including phenoxy) is 1. The van der Waals surface area contributed by atoms with Crippen molar-refractivity contribution in [3.63, 3.8) is 0 Å². The molecule has 0 aromatic rings. The molecule has 1 fully saturated rings. The molecule has 0 heterocycles. The van der Waals surface area contributed by atoms with Gasteiger partial charge in [-0.25, -0.2) is 0 Å². The number of hydrogen-bond acceptors (Lipinski definition) is 5. The fraction of sp³-hybridized carbons (Fsp3) is 0.929. The molecule has 1 saturated carbocycles. The first-order valence-corrected chi connectivity index (χ1v) is 7.15. The molecule has 112 valence electrons. The molecule has 5 nitrogen and oxygen atoms in total. The van der Waals surface area contributed by atoms with Crippen LogP contribution in [0.4, 0.5) is 0 Å². The predicted octanol–water partition coefficient (Wildman–Crippen LogP) is 0.554. The maximum absolute atomic E-state index is 11.8. The lowest BCUT2D eigenvalue weighted by Gasteiger charge is -2.49. The van der Waals surface area contributed by atoms with Crippen LogP contribution >= 0.6 is 0 Å². The first kappa shape index (κ1) is 16.4. The number of rotatable bonds is 8. The Hall–Kier alpha value is -0.650. The number of carbonyl (C=O) groups is 1. The van der Waals surface area contributed by atoms with Crippen LogP contribution in [0.15, 0.2) is 0 Å². The first-order valence-electron chi connectivity index (χ1n) is 7.15. The molecular formula is C14H29N3O2. The second-order valence-electron chi connectivity index (χ2n) is 5.76. The van der Waals surface area contributed by atoms with Crippen molar-refractivity contribution < 1.29 is 9.53 Å². The smallest absolute Gasteiger partial charge is 0.324 e. The van der Waals surface area contributed by atoms with Crippen molar-refractivity contribution in [2.24, 2.45) is 0 Å². The topological polar surface area (TPSA) is 44.8 Å². The number of likely N-dealkylation sites (N-methyl/N-ethyl adjacent to an activating group) is 3. The summed E-state index contributed by atoms with van der Waals surface area (Å²) in [7, 11) is 8.18. The third-order valence-corrected chi connectivity index (χ3v) is 4.21. The Morgan fingerprint density at radius 3 is 2.37 bits per heavy atom. The zero-order valence-corrected chi connectivity index (χ0v) is 13.0. The molecule has 0 bridgehead atoms. The Bertz CT molecular complexity index is 290. The molecule has 1 aliphatic carbocycles. The molecule has 1 N–H and O–H groups in total. The van der Waals surface area contributed by atoms with E-state index in [4.69, 9.17) is 4.74 Å². The van der Waals surface area contributed by atoms with Crippen LogP contribution in [-0.2, 0) is 9.53 Å². The summed E-state index contributed by atoms with van der Waals surface area (Å²) in [5.41, 5.74) is 0.293. The Labute approximate surface area is 117 Å². The molecule has 0 aromatic heterocycles. The highest BCUT2D eigenvalue weighted by molar-refractivity contribution is 5.76. The van der Waals surface area contributed by atoms with E-state index in [9.17, 15) is 4.79 Å². The minimum Gasteiger partial charge on any atom is -0.465 e. The summed E-state index contributed by atoms with van der Waals surface area (Å²) < 4.78 is 5.08. The van der Waals surface area contributed by atoms with Crippen molar-refractivity contribution in [2.45, 2.75) is 37.8 Å². The third-order valence-electron chi connectivity index (χ3n) is 4.21. The van der Waals surface area contributed by atoms with Crippen molar-refractivity contribution in [3.8, 4) is 0 Å². The highest BCUT2D eigenvalue weighted by atomic mass is 16.5. The molecule has 5 heteroatoms. The van der Waals surface area contributed by atoms with Crippen molar-refractivity contribution in [2.75, 3.05) is 47.9 Å². The monoisotopic (exact) mass is 271 g/mol. The Kier molecular flexibility index (Phi) is 6.23. The van der Waals surface area contributed by atoms with Crippen molar-refractivity contribution in [3.05, 3.63) is 0 Å². The predicted molar refractivity (Wildman–Crippen MR) is 77.2 cm³/mol. The van der Waals surface area contributed by atoms with Crippen LogP contribution in [0.3, 0.4) is 0 Å². The molecule has 0 radical (unpaired) electrons. The summed E-state index contributed by atoms with van der Waals surface area (Å²) >= 11 is 0. The lowest BCUT2D eigenvalue weighted by molar-refractivity contribution is -0.146. The van der Waals surface area contributed by atoms with Gasteiger partial charge >= 0.3 is 5.97 Å². The Morgan fingerprint density at radius 1 is 1.37 bits per heavy atom. The van der Waals surface area contributed by atoms with Gasteiger partial charge in [0.2, 0.25) is 0 Å². The van der Waals surface area contributed by atoms with Gasteiger partial charge in [0.25, 0.3) is 0 Å². The van der Waals surface area contributed by atoms with Gasteiger partial charge in [-0.3, -0.25) is 4.79 Å². The number of carbonyl (C=O) groups excluding carboxylic acids is 1. The van der Waals surface area contributed by atoms with E-state index in [0.717, 1.165) is 6.54 Å². The summed E-state index contributed by atoms with van der Waals surface area (Å²) in [6, 6.07) is -0.246. The van der Waals surface area contributed by atoms with E-state index in [0.29, 0.717) is 18.7 Å². The quantitative estimate of drug-likeness (QED) is 0.653. The number of nitrogens with zero attached hydrogens (tertiary/aromatic N) is 2.